The normalized spacial score (nSPS) is 10.4. The third kappa shape index (κ3) is 3.81. The Kier molecular flexibility index (Phi) is 5.09. The number of nitrogens with zero attached hydrogens (tertiary/aromatic N) is 1. The van der Waals surface area contributed by atoms with Crippen LogP contribution >= 0.6 is 0 Å². The predicted octanol–water partition coefficient (Wildman–Crippen LogP) is 3.42. The van der Waals surface area contributed by atoms with E-state index < -0.39 is 17.5 Å². The fourth-order valence-corrected chi connectivity index (χ4v) is 1.98. The third-order valence-electron chi connectivity index (χ3n) is 3.28. The van der Waals surface area contributed by atoms with Gasteiger partial charge in [-0.3, -0.25) is 4.79 Å². The van der Waals surface area contributed by atoms with Gasteiger partial charge in [-0.1, -0.05) is 18.2 Å². The van der Waals surface area contributed by atoms with E-state index in [9.17, 15) is 13.6 Å². The second-order valence-electron chi connectivity index (χ2n) is 4.96. The molecule has 0 saturated carbocycles. The first-order chi connectivity index (χ1) is 10.5. The van der Waals surface area contributed by atoms with Crippen molar-refractivity contribution in [2.45, 2.75) is 6.92 Å². The fourth-order valence-electron chi connectivity index (χ4n) is 1.98. The molecule has 0 radical (unpaired) electrons. The molecule has 0 spiro atoms. The summed E-state index contributed by atoms with van der Waals surface area (Å²) in [6, 6.07) is 10.4. The molecule has 0 aliphatic heterocycles. The van der Waals surface area contributed by atoms with Gasteiger partial charge in [0.2, 0.25) is 0 Å². The Balaban J connectivity index is 1.94. The molecule has 2 rings (SSSR count). The van der Waals surface area contributed by atoms with E-state index in [2.05, 4.69) is 0 Å². The quantitative estimate of drug-likeness (QED) is 0.847. The number of likely N-dealkylation sites (N-methyl/N-ethyl adjacent to an activating group) is 1. The molecule has 5 heteroatoms. The monoisotopic (exact) mass is 305 g/mol. The van der Waals surface area contributed by atoms with Gasteiger partial charge >= 0.3 is 0 Å². The van der Waals surface area contributed by atoms with Gasteiger partial charge in [-0.15, -0.1) is 0 Å². The number of carbonyl (C=O) groups is 1. The second kappa shape index (κ2) is 7.02. The van der Waals surface area contributed by atoms with Crippen molar-refractivity contribution in [2.75, 3.05) is 20.2 Å². The van der Waals surface area contributed by atoms with E-state index in [0.717, 1.165) is 29.5 Å². The van der Waals surface area contributed by atoms with Crippen molar-refractivity contribution in [2.24, 2.45) is 0 Å². The SMILES string of the molecule is Cc1ccccc1OCCN(C)C(=O)c1cc(F)ccc1F. The largest absolute Gasteiger partial charge is 0.491 e. The van der Waals surface area contributed by atoms with Gasteiger partial charge < -0.3 is 9.64 Å². The van der Waals surface area contributed by atoms with E-state index >= 15 is 0 Å². The first kappa shape index (κ1) is 15.9. The number of hydrogen-bond acceptors (Lipinski definition) is 2. The van der Waals surface area contributed by atoms with Crippen LogP contribution in [0.1, 0.15) is 15.9 Å². The molecule has 0 atom stereocenters. The topological polar surface area (TPSA) is 29.5 Å². The van der Waals surface area contributed by atoms with E-state index in [1.807, 2.05) is 31.2 Å². The molecule has 2 aromatic rings. The first-order valence-corrected chi connectivity index (χ1v) is 6.88. The summed E-state index contributed by atoms with van der Waals surface area (Å²) in [6.45, 7) is 2.46. The van der Waals surface area contributed by atoms with Crippen LogP contribution in [0.25, 0.3) is 0 Å². The predicted molar refractivity (Wildman–Crippen MR) is 80.0 cm³/mol. The Hall–Kier alpha value is -2.43. The Morgan fingerprint density at radius 3 is 2.64 bits per heavy atom. The van der Waals surface area contributed by atoms with E-state index in [1.54, 1.807) is 0 Å². The van der Waals surface area contributed by atoms with Crippen molar-refractivity contribution in [3.63, 3.8) is 0 Å². The number of benzene rings is 2. The number of carbonyl (C=O) groups excluding carboxylic acids is 1. The highest BCUT2D eigenvalue weighted by molar-refractivity contribution is 5.94. The van der Waals surface area contributed by atoms with Gasteiger partial charge in [0.1, 0.15) is 24.0 Å². The lowest BCUT2D eigenvalue weighted by Gasteiger charge is -2.18. The molecular weight excluding hydrogens is 288 g/mol. The summed E-state index contributed by atoms with van der Waals surface area (Å²) < 4.78 is 32.3. The highest BCUT2D eigenvalue weighted by Gasteiger charge is 2.17. The molecule has 0 bridgehead atoms. The standard InChI is InChI=1S/C17H17F2NO2/c1-12-5-3-4-6-16(12)22-10-9-20(2)17(21)14-11-13(18)7-8-15(14)19/h3-8,11H,9-10H2,1-2H3. The number of amides is 1. The van der Waals surface area contributed by atoms with Crippen molar-refractivity contribution in [1.29, 1.82) is 0 Å². The molecular formula is C17H17F2NO2. The summed E-state index contributed by atoms with van der Waals surface area (Å²) in [5.41, 5.74) is 0.714. The fraction of sp³-hybridized carbons (Fsp3) is 0.235. The lowest BCUT2D eigenvalue weighted by Crippen LogP contribution is -2.31. The lowest BCUT2D eigenvalue weighted by molar-refractivity contribution is 0.0768. The Morgan fingerprint density at radius 2 is 1.91 bits per heavy atom. The minimum atomic E-state index is -0.738. The molecule has 0 N–H and O–H groups in total. The number of rotatable bonds is 5. The molecule has 22 heavy (non-hydrogen) atoms. The van der Waals surface area contributed by atoms with E-state index in [-0.39, 0.29) is 18.7 Å². The smallest absolute Gasteiger partial charge is 0.256 e. The maximum atomic E-state index is 13.6. The van der Waals surface area contributed by atoms with Gasteiger partial charge in [0.05, 0.1) is 12.1 Å². The van der Waals surface area contributed by atoms with E-state index in [1.165, 1.54) is 11.9 Å². The summed E-state index contributed by atoms with van der Waals surface area (Å²) in [6.07, 6.45) is 0. The van der Waals surface area contributed by atoms with Gasteiger partial charge in [0.25, 0.3) is 5.91 Å². The van der Waals surface area contributed by atoms with Crippen LogP contribution in [0.15, 0.2) is 42.5 Å². The van der Waals surface area contributed by atoms with Crippen LogP contribution in [0.4, 0.5) is 8.78 Å². The molecule has 0 unspecified atom stereocenters. The van der Waals surface area contributed by atoms with E-state index in [0.29, 0.717) is 0 Å². The van der Waals surface area contributed by atoms with Crippen LogP contribution in [-0.4, -0.2) is 31.0 Å². The van der Waals surface area contributed by atoms with Crippen LogP contribution in [0.2, 0.25) is 0 Å². The van der Waals surface area contributed by atoms with Crippen LogP contribution in [0.3, 0.4) is 0 Å². The lowest BCUT2D eigenvalue weighted by atomic mass is 10.2. The van der Waals surface area contributed by atoms with Gasteiger partial charge in [-0.25, -0.2) is 8.78 Å². The molecule has 0 aliphatic rings. The molecule has 0 heterocycles. The Labute approximate surface area is 128 Å². The molecule has 1 amide bonds. The minimum absolute atomic E-state index is 0.267. The van der Waals surface area contributed by atoms with Gasteiger partial charge in [-0.05, 0) is 36.8 Å². The van der Waals surface area contributed by atoms with Crippen molar-refractivity contribution >= 4 is 5.91 Å². The van der Waals surface area contributed by atoms with Gasteiger partial charge in [0, 0.05) is 7.05 Å². The molecule has 0 fully saturated rings. The zero-order chi connectivity index (χ0) is 16.1. The highest BCUT2D eigenvalue weighted by atomic mass is 19.1. The Bertz CT molecular complexity index is 673. The average molecular weight is 305 g/mol. The zero-order valence-corrected chi connectivity index (χ0v) is 12.5. The summed E-state index contributed by atoms with van der Waals surface area (Å²) in [4.78, 5) is 13.4. The molecule has 2 aromatic carbocycles. The van der Waals surface area contributed by atoms with Gasteiger partial charge in [0.15, 0.2) is 0 Å². The van der Waals surface area contributed by atoms with Gasteiger partial charge in [-0.2, -0.15) is 0 Å². The number of aryl methyl sites for hydroxylation is 1. The number of ether oxygens (including phenoxy) is 1. The number of halogens is 2. The average Bonchev–Trinajstić information content (AvgIpc) is 2.50. The first-order valence-electron chi connectivity index (χ1n) is 6.88. The zero-order valence-electron chi connectivity index (χ0n) is 12.5. The van der Waals surface area contributed by atoms with Crippen molar-refractivity contribution in [1.82, 2.24) is 4.90 Å². The summed E-state index contributed by atoms with van der Waals surface area (Å²) >= 11 is 0. The van der Waals surface area contributed by atoms with Crippen molar-refractivity contribution in [3.05, 3.63) is 65.2 Å². The molecule has 0 aliphatic carbocycles. The minimum Gasteiger partial charge on any atom is -0.491 e. The molecule has 116 valence electrons. The number of para-hydroxylation sites is 1. The maximum Gasteiger partial charge on any atom is 0.256 e. The highest BCUT2D eigenvalue weighted by Crippen LogP contribution is 2.16. The van der Waals surface area contributed by atoms with Crippen LogP contribution < -0.4 is 4.74 Å². The van der Waals surface area contributed by atoms with Crippen LogP contribution in [-0.2, 0) is 0 Å². The van der Waals surface area contributed by atoms with E-state index in [4.69, 9.17) is 4.74 Å². The van der Waals surface area contributed by atoms with Crippen LogP contribution in [0, 0.1) is 18.6 Å². The molecule has 3 nitrogen and oxygen atoms in total. The summed E-state index contributed by atoms with van der Waals surface area (Å²) in [5, 5.41) is 0. The summed E-state index contributed by atoms with van der Waals surface area (Å²) in [5.74, 6) is -1.22. The molecule has 0 aromatic heterocycles. The van der Waals surface area contributed by atoms with Crippen LogP contribution in [0.5, 0.6) is 5.75 Å². The van der Waals surface area contributed by atoms with Crippen molar-refractivity contribution < 1.29 is 18.3 Å². The maximum absolute atomic E-state index is 13.6. The Morgan fingerprint density at radius 1 is 1.18 bits per heavy atom. The second-order valence-corrected chi connectivity index (χ2v) is 4.96. The summed E-state index contributed by atoms with van der Waals surface area (Å²) in [7, 11) is 1.52. The van der Waals surface area contributed by atoms with Crippen molar-refractivity contribution in [3.8, 4) is 5.75 Å². The number of hydrogen-bond donors (Lipinski definition) is 0. The molecule has 0 saturated heterocycles. The third-order valence-corrected chi connectivity index (χ3v) is 3.28.